The fourth-order valence-corrected chi connectivity index (χ4v) is 1.25. The van der Waals surface area contributed by atoms with Gasteiger partial charge < -0.3 is 15.7 Å². The predicted octanol–water partition coefficient (Wildman–Crippen LogP) is 1.74. The van der Waals surface area contributed by atoms with Gasteiger partial charge in [-0.15, -0.1) is 0 Å². The molecule has 0 saturated carbocycles. The lowest BCUT2D eigenvalue weighted by Gasteiger charge is -2.05. The number of hydrogen-bond donors (Lipinski definition) is 3. The Hall–Kier alpha value is -2.48. The van der Waals surface area contributed by atoms with Crippen molar-refractivity contribution in [2.24, 2.45) is 0 Å². The number of hydrogen-bond acceptors (Lipinski definition) is 4. The van der Waals surface area contributed by atoms with Gasteiger partial charge in [-0.25, -0.2) is 0 Å². The van der Waals surface area contributed by atoms with Crippen LogP contribution in [0.3, 0.4) is 0 Å². The minimum Gasteiger partial charge on any atom is -0.508 e. The Bertz CT molecular complexity index is 489. The summed E-state index contributed by atoms with van der Waals surface area (Å²) >= 11 is 0. The van der Waals surface area contributed by atoms with E-state index in [4.69, 9.17) is 5.26 Å². The van der Waals surface area contributed by atoms with Crippen LogP contribution < -0.4 is 10.6 Å². The van der Waals surface area contributed by atoms with E-state index in [0.717, 1.165) is 6.42 Å². The van der Waals surface area contributed by atoms with Crippen LogP contribution in [0.15, 0.2) is 36.0 Å². The number of anilines is 1. The van der Waals surface area contributed by atoms with Gasteiger partial charge >= 0.3 is 0 Å². The van der Waals surface area contributed by atoms with Crippen LogP contribution in [-0.4, -0.2) is 17.6 Å². The zero-order valence-corrected chi connectivity index (χ0v) is 10.1. The number of phenolic OH excluding ortho intramolecular Hbond substituents is 1. The molecule has 0 atom stereocenters. The first-order valence-electron chi connectivity index (χ1n) is 5.61. The summed E-state index contributed by atoms with van der Waals surface area (Å²) in [6.45, 7) is 2.68. The average molecular weight is 245 g/mol. The van der Waals surface area contributed by atoms with Crippen molar-refractivity contribution >= 4 is 11.6 Å². The van der Waals surface area contributed by atoms with Gasteiger partial charge in [-0.05, 0) is 18.6 Å². The number of amides is 1. The van der Waals surface area contributed by atoms with Crippen molar-refractivity contribution in [3.63, 3.8) is 0 Å². The average Bonchev–Trinajstić information content (AvgIpc) is 2.34. The molecule has 0 fully saturated rings. The number of nitrogens with one attached hydrogen (secondary N) is 2. The third-order valence-electron chi connectivity index (χ3n) is 2.11. The maximum absolute atomic E-state index is 11.7. The molecule has 0 aliphatic heterocycles. The van der Waals surface area contributed by atoms with E-state index in [9.17, 15) is 9.90 Å². The maximum Gasteiger partial charge on any atom is 0.267 e. The van der Waals surface area contributed by atoms with Gasteiger partial charge in [0, 0.05) is 24.5 Å². The van der Waals surface area contributed by atoms with Crippen molar-refractivity contribution in [2.45, 2.75) is 13.3 Å². The molecule has 0 aliphatic rings. The lowest BCUT2D eigenvalue weighted by Crippen LogP contribution is -2.16. The molecule has 0 spiro atoms. The molecule has 1 aromatic rings. The smallest absolute Gasteiger partial charge is 0.267 e. The molecule has 0 bridgehead atoms. The van der Waals surface area contributed by atoms with Crippen molar-refractivity contribution < 1.29 is 9.90 Å². The molecule has 1 aromatic carbocycles. The highest BCUT2D eigenvalue weighted by Crippen LogP contribution is 2.15. The van der Waals surface area contributed by atoms with Gasteiger partial charge in [0.2, 0.25) is 0 Å². The van der Waals surface area contributed by atoms with Crippen LogP contribution in [0, 0.1) is 11.3 Å². The SMILES string of the molecule is CCCN/C=C(/C#N)C(=O)Nc1cccc(O)c1. The van der Waals surface area contributed by atoms with E-state index in [1.54, 1.807) is 12.1 Å². The highest BCUT2D eigenvalue weighted by atomic mass is 16.3. The van der Waals surface area contributed by atoms with Crippen molar-refractivity contribution in [1.82, 2.24) is 5.32 Å². The third kappa shape index (κ3) is 4.18. The van der Waals surface area contributed by atoms with Gasteiger partial charge in [0.15, 0.2) is 0 Å². The van der Waals surface area contributed by atoms with Crippen LogP contribution in [0.25, 0.3) is 0 Å². The Morgan fingerprint density at radius 1 is 1.56 bits per heavy atom. The van der Waals surface area contributed by atoms with Crippen LogP contribution in [-0.2, 0) is 4.79 Å². The minimum absolute atomic E-state index is 0.00760. The lowest BCUT2D eigenvalue weighted by atomic mass is 10.2. The summed E-state index contributed by atoms with van der Waals surface area (Å²) in [5.74, 6) is -0.453. The number of rotatable bonds is 5. The normalized spacial score (nSPS) is 10.6. The number of phenols is 1. The molecule has 0 aromatic heterocycles. The molecule has 1 rings (SSSR count). The summed E-state index contributed by atoms with van der Waals surface area (Å²) in [6.07, 6.45) is 2.30. The highest BCUT2D eigenvalue weighted by Gasteiger charge is 2.08. The first-order chi connectivity index (χ1) is 8.67. The molecular weight excluding hydrogens is 230 g/mol. The summed E-state index contributed by atoms with van der Waals surface area (Å²) in [7, 11) is 0. The number of carbonyl (C=O) groups is 1. The van der Waals surface area contributed by atoms with E-state index in [-0.39, 0.29) is 11.3 Å². The van der Waals surface area contributed by atoms with Crippen LogP contribution in [0.5, 0.6) is 5.75 Å². The Morgan fingerprint density at radius 3 is 2.94 bits per heavy atom. The molecule has 5 heteroatoms. The zero-order valence-electron chi connectivity index (χ0n) is 10.1. The zero-order chi connectivity index (χ0) is 13.4. The summed E-state index contributed by atoms with van der Waals surface area (Å²) < 4.78 is 0. The van der Waals surface area contributed by atoms with Crippen molar-refractivity contribution in [3.05, 3.63) is 36.0 Å². The molecular formula is C13H15N3O2. The second kappa shape index (κ2) is 6.97. The quantitative estimate of drug-likeness (QED) is 0.419. The standard InChI is InChI=1S/C13H15N3O2/c1-2-6-15-9-10(8-14)13(18)16-11-4-3-5-12(17)7-11/h3-5,7,9,15,17H,2,6H2,1H3,(H,16,18)/b10-9-. The largest absolute Gasteiger partial charge is 0.508 e. The minimum atomic E-state index is -0.508. The van der Waals surface area contributed by atoms with Crippen molar-refractivity contribution in [3.8, 4) is 11.8 Å². The van der Waals surface area contributed by atoms with E-state index in [2.05, 4.69) is 10.6 Å². The van der Waals surface area contributed by atoms with Crippen LogP contribution >= 0.6 is 0 Å². The van der Waals surface area contributed by atoms with Gasteiger partial charge in [-0.3, -0.25) is 4.79 Å². The molecule has 5 nitrogen and oxygen atoms in total. The Balaban J connectivity index is 2.69. The first-order valence-corrected chi connectivity index (χ1v) is 5.61. The number of aromatic hydroxyl groups is 1. The monoisotopic (exact) mass is 245 g/mol. The molecule has 94 valence electrons. The molecule has 0 unspecified atom stereocenters. The summed E-state index contributed by atoms with van der Waals surface area (Å²) in [6, 6.07) is 7.97. The summed E-state index contributed by atoms with van der Waals surface area (Å²) in [4.78, 5) is 11.7. The molecule has 18 heavy (non-hydrogen) atoms. The van der Waals surface area contributed by atoms with E-state index in [1.807, 2.05) is 13.0 Å². The van der Waals surface area contributed by atoms with Crippen LogP contribution in [0.1, 0.15) is 13.3 Å². The van der Waals surface area contributed by atoms with Gasteiger partial charge in [0.1, 0.15) is 17.4 Å². The van der Waals surface area contributed by atoms with Gasteiger partial charge in [-0.2, -0.15) is 5.26 Å². The Labute approximate surface area is 106 Å². The Morgan fingerprint density at radius 2 is 2.33 bits per heavy atom. The molecule has 0 saturated heterocycles. The highest BCUT2D eigenvalue weighted by molar-refractivity contribution is 6.06. The van der Waals surface area contributed by atoms with Crippen molar-refractivity contribution in [2.75, 3.05) is 11.9 Å². The fourth-order valence-electron chi connectivity index (χ4n) is 1.25. The number of benzene rings is 1. The lowest BCUT2D eigenvalue weighted by molar-refractivity contribution is -0.112. The summed E-state index contributed by atoms with van der Waals surface area (Å²) in [5, 5.41) is 23.5. The van der Waals surface area contributed by atoms with Gasteiger partial charge in [0.05, 0.1) is 0 Å². The van der Waals surface area contributed by atoms with Gasteiger partial charge in [0.25, 0.3) is 5.91 Å². The molecule has 0 heterocycles. The third-order valence-corrected chi connectivity index (χ3v) is 2.11. The van der Waals surface area contributed by atoms with Gasteiger partial charge in [-0.1, -0.05) is 13.0 Å². The van der Waals surface area contributed by atoms with E-state index >= 15 is 0 Å². The van der Waals surface area contributed by atoms with E-state index < -0.39 is 5.91 Å². The predicted molar refractivity (Wildman–Crippen MR) is 68.7 cm³/mol. The maximum atomic E-state index is 11.7. The second-order valence-corrected chi connectivity index (χ2v) is 3.63. The second-order valence-electron chi connectivity index (χ2n) is 3.63. The Kier molecular flexibility index (Phi) is 5.26. The fraction of sp³-hybridized carbons (Fsp3) is 0.231. The molecule has 3 N–H and O–H groups in total. The number of carbonyl (C=O) groups excluding carboxylic acids is 1. The van der Waals surface area contributed by atoms with Crippen LogP contribution in [0.2, 0.25) is 0 Å². The van der Waals surface area contributed by atoms with Crippen molar-refractivity contribution in [1.29, 1.82) is 5.26 Å². The molecule has 0 aliphatic carbocycles. The molecule has 1 amide bonds. The summed E-state index contributed by atoms with van der Waals surface area (Å²) in [5.41, 5.74) is 0.434. The number of nitriles is 1. The van der Waals surface area contributed by atoms with Crippen LogP contribution in [0.4, 0.5) is 5.69 Å². The topological polar surface area (TPSA) is 85.2 Å². The first kappa shape index (κ1) is 13.6. The molecule has 0 radical (unpaired) electrons. The number of nitrogens with zero attached hydrogens (tertiary/aromatic N) is 1. The van der Waals surface area contributed by atoms with E-state index in [1.165, 1.54) is 18.3 Å². The van der Waals surface area contributed by atoms with E-state index in [0.29, 0.717) is 12.2 Å².